The Labute approximate surface area is 124 Å². The maximum absolute atomic E-state index is 5.39. The molecule has 0 radical (unpaired) electrons. The fourth-order valence-electron chi connectivity index (χ4n) is 1.93. The third kappa shape index (κ3) is 3.55. The van der Waals surface area contributed by atoms with Gasteiger partial charge in [-0.3, -0.25) is 0 Å². The highest BCUT2D eigenvalue weighted by Crippen LogP contribution is 2.14. The Bertz CT molecular complexity index is 595. The van der Waals surface area contributed by atoms with E-state index in [-0.39, 0.29) is 0 Å². The summed E-state index contributed by atoms with van der Waals surface area (Å²) in [7, 11) is 1.83. The molecule has 0 saturated heterocycles. The zero-order valence-electron chi connectivity index (χ0n) is 13.1. The predicted octanol–water partition coefficient (Wildman–Crippen LogP) is 1.76. The topological polar surface area (TPSA) is 77.8 Å². The summed E-state index contributed by atoms with van der Waals surface area (Å²) in [6, 6.07) is 1.86. The minimum atomic E-state index is 0.385. The van der Waals surface area contributed by atoms with Gasteiger partial charge in [-0.05, 0) is 6.92 Å². The Hall–Kier alpha value is -2.02. The number of rotatable bonds is 7. The second-order valence-corrected chi connectivity index (χ2v) is 4.48. The van der Waals surface area contributed by atoms with E-state index in [1.54, 1.807) is 4.68 Å². The van der Waals surface area contributed by atoms with E-state index >= 15 is 0 Å². The van der Waals surface area contributed by atoms with Crippen LogP contribution in [-0.4, -0.2) is 38.4 Å². The summed E-state index contributed by atoms with van der Waals surface area (Å²) >= 11 is 0. The van der Waals surface area contributed by atoms with Crippen LogP contribution in [0.1, 0.15) is 38.2 Å². The minimum Gasteiger partial charge on any atom is -0.374 e. The van der Waals surface area contributed by atoms with Crippen molar-refractivity contribution in [2.24, 2.45) is 0 Å². The fraction of sp³-hybridized carbons (Fsp3) is 0.571. The molecule has 0 saturated carbocycles. The maximum atomic E-state index is 5.39. The van der Waals surface area contributed by atoms with E-state index in [0.717, 1.165) is 30.3 Å². The number of nitrogens with zero attached hydrogens (tertiary/aromatic N) is 5. The molecule has 0 aliphatic rings. The first-order valence-electron chi connectivity index (χ1n) is 7.30. The Balaban J connectivity index is 2.44. The molecule has 7 heteroatoms. The molecule has 2 aromatic rings. The van der Waals surface area contributed by atoms with Gasteiger partial charge in [0.25, 0.3) is 0 Å². The van der Waals surface area contributed by atoms with Crippen LogP contribution >= 0.6 is 0 Å². The molecular weight excluding hydrogens is 268 g/mol. The average Bonchev–Trinajstić information content (AvgIpc) is 2.96. The van der Waals surface area contributed by atoms with Crippen molar-refractivity contribution < 1.29 is 4.74 Å². The molecule has 0 amide bonds. The SMILES string of the molecule is CCOCc1nc(NC)cc(-n2nc(CC)nc2CC)n1. The summed E-state index contributed by atoms with van der Waals surface area (Å²) < 4.78 is 7.18. The summed E-state index contributed by atoms with van der Waals surface area (Å²) in [5.74, 6) is 3.81. The van der Waals surface area contributed by atoms with Gasteiger partial charge >= 0.3 is 0 Å². The van der Waals surface area contributed by atoms with Crippen molar-refractivity contribution in [2.75, 3.05) is 19.0 Å². The quantitative estimate of drug-likeness (QED) is 0.837. The molecule has 0 bridgehead atoms. The molecule has 0 aliphatic carbocycles. The number of ether oxygens (including phenoxy) is 1. The molecule has 0 atom stereocenters. The van der Waals surface area contributed by atoms with Gasteiger partial charge in [-0.25, -0.2) is 15.0 Å². The fourth-order valence-corrected chi connectivity index (χ4v) is 1.93. The van der Waals surface area contributed by atoms with Crippen molar-refractivity contribution in [1.29, 1.82) is 0 Å². The summed E-state index contributed by atoms with van der Waals surface area (Å²) in [6.45, 7) is 7.06. The molecule has 2 aromatic heterocycles. The van der Waals surface area contributed by atoms with Crippen LogP contribution in [0.5, 0.6) is 0 Å². The smallest absolute Gasteiger partial charge is 0.161 e. The first-order valence-corrected chi connectivity index (χ1v) is 7.30. The maximum Gasteiger partial charge on any atom is 0.161 e. The molecule has 2 rings (SSSR count). The summed E-state index contributed by atoms with van der Waals surface area (Å²) in [6.07, 6.45) is 1.60. The van der Waals surface area contributed by atoms with E-state index in [1.807, 2.05) is 27.0 Å². The first kappa shape index (κ1) is 15.4. The lowest BCUT2D eigenvalue weighted by atomic mass is 10.4. The van der Waals surface area contributed by atoms with Crippen molar-refractivity contribution in [3.63, 3.8) is 0 Å². The van der Waals surface area contributed by atoms with E-state index in [9.17, 15) is 0 Å². The van der Waals surface area contributed by atoms with Crippen LogP contribution in [0.15, 0.2) is 6.07 Å². The number of hydrogen-bond donors (Lipinski definition) is 1. The van der Waals surface area contributed by atoms with E-state index in [4.69, 9.17) is 4.74 Å². The molecule has 21 heavy (non-hydrogen) atoms. The molecule has 0 aromatic carbocycles. The second-order valence-electron chi connectivity index (χ2n) is 4.48. The summed E-state index contributed by atoms with van der Waals surface area (Å²) in [5, 5.41) is 7.56. The Morgan fingerprint density at radius 1 is 1.10 bits per heavy atom. The standard InChI is InChI=1S/C14H22N6O/c1-5-10-17-13(6-2)20(19-10)14-8-11(15-4)16-12(18-14)9-21-7-3/h8H,5-7,9H2,1-4H3,(H,15,16,18). The molecule has 0 unspecified atom stereocenters. The first-order chi connectivity index (χ1) is 10.2. The molecule has 0 fully saturated rings. The van der Waals surface area contributed by atoms with E-state index in [2.05, 4.69) is 32.3 Å². The highest BCUT2D eigenvalue weighted by molar-refractivity contribution is 5.41. The van der Waals surface area contributed by atoms with Gasteiger partial charge in [0.2, 0.25) is 0 Å². The van der Waals surface area contributed by atoms with Gasteiger partial charge in [0, 0.05) is 32.6 Å². The lowest BCUT2D eigenvalue weighted by Gasteiger charge is -2.09. The molecular formula is C14H22N6O. The van der Waals surface area contributed by atoms with Crippen molar-refractivity contribution >= 4 is 5.82 Å². The molecule has 0 spiro atoms. The van der Waals surface area contributed by atoms with Gasteiger partial charge in [-0.1, -0.05) is 13.8 Å². The van der Waals surface area contributed by atoms with Crippen LogP contribution in [0.3, 0.4) is 0 Å². The van der Waals surface area contributed by atoms with Gasteiger partial charge in [-0.15, -0.1) is 5.10 Å². The Morgan fingerprint density at radius 3 is 2.52 bits per heavy atom. The van der Waals surface area contributed by atoms with Gasteiger partial charge in [0.1, 0.15) is 18.2 Å². The zero-order valence-corrected chi connectivity index (χ0v) is 13.1. The average molecular weight is 290 g/mol. The number of nitrogens with one attached hydrogen (secondary N) is 1. The summed E-state index contributed by atoms with van der Waals surface area (Å²) in [5.41, 5.74) is 0. The third-order valence-electron chi connectivity index (χ3n) is 3.02. The van der Waals surface area contributed by atoms with Gasteiger partial charge < -0.3 is 10.1 Å². The van der Waals surface area contributed by atoms with Crippen LogP contribution in [0.25, 0.3) is 5.82 Å². The lowest BCUT2D eigenvalue weighted by Crippen LogP contribution is -2.10. The summed E-state index contributed by atoms with van der Waals surface area (Å²) in [4.78, 5) is 13.4. The number of aryl methyl sites for hydroxylation is 2. The molecule has 1 N–H and O–H groups in total. The Morgan fingerprint density at radius 2 is 1.90 bits per heavy atom. The van der Waals surface area contributed by atoms with Crippen LogP contribution in [0, 0.1) is 0 Å². The predicted molar refractivity (Wildman–Crippen MR) is 80.6 cm³/mol. The van der Waals surface area contributed by atoms with Crippen LogP contribution < -0.4 is 5.32 Å². The second kappa shape index (κ2) is 7.12. The van der Waals surface area contributed by atoms with Crippen LogP contribution in [0.2, 0.25) is 0 Å². The van der Waals surface area contributed by atoms with Crippen molar-refractivity contribution in [3.05, 3.63) is 23.5 Å². The van der Waals surface area contributed by atoms with Crippen LogP contribution in [0.4, 0.5) is 5.82 Å². The highest BCUT2D eigenvalue weighted by Gasteiger charge is 2.12. The van der Waals surface area contributed by atoms with E-state index in [1.165, 1.54) is 0 Å². The van der Waals surface area contributed by atoms with Crippen molar-refractivity contribution in [3.8, 4) is 5.82 Å². The Kier molecular flexibility index (Phi) is 5.21. The number of hydrogen-bond acceptors (Lipinski definition) is 6. The number of anilines is 1. The number of aromatic nitrogens is 5. The molecule has 2 heterocycles. The molecule has 114 valence electrons. The zero-order chi connectivity index (χ0) is 15.2. The minimum absolute atomic E-state index is 0.385. The normalized spacial score (nSPS) is 10.9. The molecule has 7 nitrogen and oxygen atoms in total. The van der Waals surface area contributed by atoms with E-state index < -0.39 is 0 Å². The monoisotopic (exact) mass is 290 g/mol. The molecule has 0 aliphatic heterocycles. The van der Waals surface area contributed by atoms with Crippen LogP contribution in [-0.2, 0) is 24.2 Å². The lowest BCUT2D eigenvalue weighted by molar-refractivity contribution is 0.128. The van der Waals surface area contributed by atoms with Crippen molar-refractivity contribution in [2.45, 2.75) is 40.2 Å². The van der Waals surface area contributed by atoms with Gasteiger partial charge in [0.15, 0.2) is 17.5 Å². The van der Waals surface area contributed by atoms with Crippen molar-refractivity contribution in [1.82, 2.24) is 24.7 Å². The third-order valence-corrected chi connectivity index (χ3v) is 3.02. The van der Waals surface area contributed by atoms with Gasteiger partial charge in [0.05, 0.1) is 0 Å². The largest absolute Gasteiger partial charge is 0.374 e. The highest BCUT2D eigenvalue weighted by atomic mass is 16.5. The van der Waals surface area contributed by atoms with Gasteiger partial charge in [-0.2, -0.15) is 4.68 Å². The van der Waals surface area contributed by atoms with E-state index in [0.29, 0.717) is 24.9 Å².